The Labute approximate surface area is 146 Å². The van der Waals surface area contributed by atoms with Gasteiger partial charge in [0, 0.05) is 21.0 Å². The molecule has 0 radical (unpaired) electrons. The lowest BCUT2D eigenvalue weighted by Crippen LogP contribution is -2.40. The Morgan fingerprint density at radius 2 is 1.54 bits per heavy atom. The van der Waals surface area contributed by atoms with Crippen LogP contribution in [0.1, 0.15) is 20.7 Å². The third kappa shape index (κ3) is 2.05. The first-order valence-electron chi connectivity index (χ1n) is 7.36. The molecule has 4 nitrogen and oxygen atoms in total. The number of rotatable bonds is 2. The summed E-state index contributed by atoms with van der Waals surface area (Å²) in [5.74, 6) is -0.229. The van der Waals surface area contributed by atoms with Gasteiger partial charge in [0.2, 0.25) is 0 Å². The molecule has 4 rings (SSSR count). The van der Waals surface area contributed by atoms with Crippen molar-refractivity contribution in [2.75, 3.05) is 12.0 Å². The third-order valence-electron chi connectivity index (χ3n) is 4.15. The van der Waals surface area contributed by atoms with Crippen LogP contribution in [0.25, 0.3) is 10.8 Å². The summed E-state index contributed by atoms with van der Waals surface area (Å²) in [7, 11) is 1.51. The first-order valence-corrected chi connectivity index (χ1v) is 8.15. The van der Waals surface area contributed by atoms with E-state index in [9.17, 15) is 9.59 Å². The fourth-order valence-corrected chi connectivity index (χ4v) is 3.43. The molecule has 0 bridgehead atoms. The summed E-state index contributed by atoms with van der Waals surface area (Å²) in [5, 5.41) is 1.59. The largest absolute Gasteiger partial charge is 0.495 e. The van der Waals surface area contributed by atoms with E-state index in [1.54, 1.807) is 30.3 Å². The van der Waals surface area contributed by atoms with Crippen molar-refractivity contribution in [2.45, 2.75) is 0 Å². The molecule has 24 heavy (non-hydrogen) atoms. The van der Waals surface area contributed by atoms with Crippen LogP contribution in [0.4, 0.5) is 5.69 Å². The zero-order valence-corrected chi connectivity index (χ0v) is 14.3. The van der Waals surface area contributed by atoms with Crippen LogP contribution in [-0.4, -0.2) is 18.9 Å². The highest BCUT2D eigenvalue weighted by atomic mass is 79.9. The van der Waals surface area contributed by atoms with Crippen molar-refractivity contribution in [3.63, 3.8) is 0 Å². The Hall–Kier alpha value is -2.66. The highest BCUT2D eigenvalue weighted by molar-refractivity contribution is 9.10. The van der Waals surface area contributed by atoms with E-state index >= 15 is 0 Å². The highest BCUT2D eigenvalue weighted by Crippen LogP contribution is 2.37. The number of amides is 2. The van der Waals surface area contributed by atoms with Gasteiger partial charge in [-0.15, -0.1) is 0 Å². The molecular formula is C19H12BrNO3. The van der Waals surface area contributed by atoms with E-state index in [0.717, 1.165) is 9.86 Å². The van der Waals surface area contributed by atoms with Crippen LogP contribution in [0.3, 0.4) is 0 Å². The molecule has 118 valence electrons. The van der Waals surface area contributed by atoms with Gasteiger partial charge in [-0.1, -0.05) is 40.2 Å². The van der Waals surface area contributed by atoms with Crippen molar-refractivity contribution in [1.29, 1.82) is 0 Å². The Bertz CT molecular complexity index is 962. The van der Waals surface area contributed by atoms with Crippen LogP contribution >= 0.6 is 15.9 Å². The van der Waals surface area contributed by atoms with Gasteiger partial charge in [0.15, 0.2) is 0 Å². The van der Waals surface area contributed by atoms with Crippen LogP contribution < -0.4 is 9.64 Å². The van der Waals surface area contributed by atoms with Crippen molar-refractivity contribution in [3.05, 3.63) is 70.2 Å². The van der Waals surface area contributed by atoms with Crippen molar-refractivity contribution in [1.82, 2.24) is 0 Å². The molecule has 1 aliphatic rings. The lowest BCUT2D eigenvalue weighted by molar-refractivity contribution is 0.0892. The number of benzene rings is 3. The molecule has 1 heterocycles. The first kappa shape index (κ1) is 14.9. The number of hydrogen-bond acceptors (Lipinski definition) is 3. The van der Waals surface area contributed by atoms with Crippen LogP contribution in [-0.2, 0) is 0 Å². The van der Waals surface area contributed by atoms with Gasteiger partial charge in [0.1, 0.15) is 5.75 Å². The standard InChI is InChI=1S/C19H12BrNO3/c1-24-16-10-12(20)8-9-15(16)21-18(22)13-6-2-4-11-5-3-7-14(17(11)13)19(21)23/h2-10H,1H3. The highest BCUT2D eigenvalue weighted by Gasteiger charge is 2.35. The average molecular weight is 382 g/mol. The molecule has 2 amide bonds. The van der Waals surface area contributed by atoms with Gasteiger partial charge < -0.3 is 4.74 Å². The van der Waals surface area contributed by atoms with Gasteiger partial charge in [-0.2, -0.15) is 0 Å². The zero-order chi connectivity index (χ0) is 16.8. The van der Waals surface area contributed by atoms with E-state index in [1.165, 1.54) is 12.0 Å². The van der Waals surface area contributed by atoms with Crippen molar-refractivity contribution < 1.29 is 14.3 Å². The molecule has 5 heteroatoms. The maximum Gasteiger partial charge on any atom is 0.266 e. The number of ether oxygens (including phenoxy) is 1. The van der Waals surface area contributed by atoms with Gasteiger partial charge in [0.05, 0.1) is 12.8 Å². The number of anilines is 1. The fourth-order valence-electron chi connectivity index (χ4n) is 3.09. The van der Waals surface area contributed by atoms with E-state index in [0.29, 0.717) is 28.0 Å². The van der Waals surface area contributed by atoms with Crippen LogP contribution in [0.5, 0.6) is 5.75 Å². The molecule has 0 saturated carbocycles. The number of halogens is 1. The Kier molecular flexibility index (Phi) is 3.39. The summed E-state index contributed by atoms with van der Waals surface area (Å²) in [5.41, 5.74) is 1.47. The van der Waals surface area contributed by atoms with Crippen molar-refractivity contribution in [2.24, 2.45) is 0 Å². The van der Waals surface area contributed by atoms with Gasteiger partial charge in [0.25, 0.3) is 11.8 Å². The Balaban J connectivity index is 1.98. The number of hydrogen-bond donors (Lipinski definition) is 0. The number of methoxy groups -OCH3 is 1. The smallest absolute Gasteiger partial charge is 0.266 e. The second-order valence-corrected chi connectivity index (χ2v) is 6.39. The van der Waals surface area contributed by atoms with Crippen LogP contribution in [0, 0.1) is 0 Å². The predicted molar refractivity (Wildman–Crippen MR) is 95.8 cm³/mol. The van der Waals surface area contributed by atoms with Gasteiger partial charge >= 0.3 is 0 Å². The Morgan fingerprint density at radius 3 is 2.12 bits per heavy atom. The van der Waals surface area contributed by atoms with Crippen LogP contribution in [0.15, 0.2) is 59.1 Å². The Morgan fingerprint density at radius 1 is 0.917 bits per heavy atom. The molecule has 0 aromatic heterocycles. The van der Waals surface area contributed by atoms with E-state index < -0.39 is 0 Å². The molecule has 3 aromatic carbocycles. The molecule has 0 saturated heterocycles. The quantitative estimate of drug-likeness (QED) is 0.617. The minimum Gasteiger partial charge on any atom is -0.495 e. The number of nitrogens with zero attached hydrogens (tertiary/aromatic N) is 1. The summed E-state index contributed by atoms with van der Waals surface area (Å²) in [6, 6.07) is 16.2. The summed E-state index contributed by atoms with van der Waals surface area (Å²) < 4.78 is 6.17. The number of carbonyl (C=O) groups excluding carboxylic acids is 2. The molecular weight excluding hydrogens is 370 g/mol. The minimum absolute atomic E-state index is 0.343. The molecule has 0 aliphatic carbocycles. The predicted octanol–water partition coefficient (Wildman–Crippen LogP) is 4.41. The van der Waals surface area contributed by atoms with E-state index in [-0.39, 0.29) is 11.8 Å². The van der Waals surface area contributed by atoms with Crippen LogP contribution in [0.2, 0.25) is 0 Å². The summed E-state index contributed by atoms with van der Waals surface area (Å²) >= 11 is 3.37. The number of imide groups is 1. The monoisotopic (exact) mass is 381 g/mol. The molecule has 0 N–H and O–H groups in total. The molecule has 1 aliphatic heterocycles. The molecule has 0 atom stereocenters. The maximum absolute atomic E-state index is 13.0. The second-order valence-electron chi connectivity index (χ2n) is 5.47. The topological polar surface area (TPSA) is 46.6 Å². The van der Waals surface area contributed by atoms with E-state index in [4.69, 9.17) is 4.74 Å². The second kappa shape index (κ2) is 5.46. The molecule has 0 spiro atoms. The van der Waals surface area contributed by atoms with Crippen molar-refractivity contribution >= 4 is 44.2 Å². The van der Waals surface area contributed by atoms with Crippen molar-refractivity contribution in [3.8, 4) is 5.75 Å². The average Bonchev–Trinajstić information content (AvgIpc) is 2.60. The van der Waals surface area contributed by atoms with Gasteiger partial charge in [-0.05, 0) is 35.7 Å². The third-order valence-corrected chi connectivity index (χ3v) is 4.65. The molecule has 3 aromatic rings. The summed E-state index contributed by atoms with van der Waals surface area (Å²) in [6.45, 7) is 0. The summed E-state index contributed by atoms with van der Waals surface area (Å²) in [4.78, 5) is 27.2. The fraction of sp³-hybridized carbons (Fsp3) is 0.0526. The minimum atomic E-state index is -0.343. The zero-order valence-electron chi connectivity index (χ0n) is 12.7. The molecule has 0 fully saturated rings. The van der Waals surface area contributed by atoms with Gasteiger partial charge in [-0.3, -0.25) is 9.59 Å². The van der Waals surface area contributed by atoms with E-state index in [2.05, 4.69) is 15.9 Å². The first-order chi connectivity index (χ1) is 11.6. The maximum atomic E-state index is 13.0. The normalized spacial score (nSPS) is 13.5. The summed E-state index contributed by atoms with van der Waals surface area (Å²) in [6.07, 6.45) is 0. The molecule has 0 unspecified atom stereocenters. The number of carbonyl (C=O) groups is 2. The SMILES string of the molecule is COc1cc(Br)ccc1N1C(=O)c2cccc3cccc(c23)C1=O. The lowest BCUT2D eigenvalue weighted by atomic mass is 9.93. The lowest BCUT2D eigenvalue weighted by Gasteiger charge is -2.28. The van der Waals surface area contributed by atoms with E-state index in [1.807, 2.05) is 24.3 Å². The van der Waals surface area contributed by atoms with Gasteiger partial charge in [-0.25, -0.2) is 4.90 Å².